The number of aliphatic hydroxyl groups is 1. The lowest BCUT2D eigenvalue weighted by Crippen LogP contribution is -2.09. The first-order valence-corrected chi connectivity index (χ1v) is 8.23. The molecule has 15 heavy (non-hydrogen) atoms. The highest BCUT2D eigenvalue weighted by Gasteiger charge is 2.11. The van der Waals surface area contributed by atoms with Crippen LogP contribution in [0.3, 0.4) is 0 Å². The Balaban J connectivity index is 3.71. The van der Waals surface area contributed by atoms with E-state index in [0.29, 0.717) is 11.0 Å². The number of halogens is 1. The zero-order valence-corrected chi connectivity index (χ0v) is 12.8. The van der Waals surface area contributed by atoms with E-state index in [1.165, 1.54) is 0 Å². The molecule has 0 aromatic rings. The van der Waals surface area contributed by atoms with Crippen LogP contribution in [0.5, 0.6) is 0 Å². The second kappa shape index (κ2) is 10.1. The molecule has 0 unspecified atom stereocenters. The van der Waals surface area contributed by atoms with Gasteiger partial charge in [-0.3, -0.25) is 0 Å². The molecular weight excluding hydrogens is 292 g/mol. The maximum Gasteiger partial charge on any atom is 0.0586 e. The van der Waals surface area contributed by atoms with Crippen LogP contribution in [0.4, 0.5) is 0 Å². The predicted octanol–water partition coefficient (Wildman–Crippen LogP) is 4.26. The highest BCUT2D eigenvalue weighted by molar-refractivity contribution is 9.11. The molecule has 0 bridgehead atoms. The van der Waals surface area contributed by atoms with Crippen molar-refractivity contribution in [3.05, 3.63) is 11.1 Å². The molecule has 0 rings (SSSR count). The average molecular weight is 313 g/mol. The highest BCUT2D eigenvalue weighted by Crippen LogP contribution is 2.28. The van der Waals surface area contributed by atoms with Gasteiger partial charge in [-0.05, 0) is 28.8 Å². The molecular formula is C11H21BrOS2. The van der Waals surface area contributed by atoms with Gasteiger partial charge in [-0.25, -0.2) is 0 Å². The van der Waals surface area contributed by atoms with Crippen LogP contribution >= 0.6 is 39.5 Å². The van der Waals surface area contributed by atoms with Crippen LogP contribution in [-0.4, -0.2) is 27.3 Å². The summed E-state index contributed by atoms with van der Waals surface area (Å²) in [5, 5.41) is 9.70. The first-order valence-electron chi connectivity index (χ1n) is 5.34. The summed E-state index contributed by atoms with van der Waals surface area (Å²) in [6, 6.07) is 0. The van der Waals surface area contributed by atoms with Gasteiger partial charge < -0.3 is 5.11 Å². The smallest absolute Gasteiger partial charge is 0.0586 e. The average Bonchev–Trinajstić information content (AvgIpc) is 2.14. The molecule has 0 aromatic heterocycles. The summed E-state index contributed by atoms with van der Waals surface area (Å²) >= 11 is 7.24. The summed E-state index contributed by atoms with van der Waals surface area (Å²) in [6.45, 7) is 8.11. The maximum atomic E-state index is 9.70. The Bertz CT molecular complexity index is 170. The number of hydrogen-bond acceptors (Lipinski definition) is 3. The molecule has 0 aliphatic rings. The minimum atomic E-state index is -0.241. The lowest BCUT2D eigenvalue weighted by Gasteiger charge is -2.16. The van der Waals surface area contributed by atoms with Gasteiger partial charge in [0.1, 0.15) is 0 Å². The quantitative estimate of drug-likeness (QED) is 0.642. The predicted molar refractivity (Wildman–Crippen MR) is 78.0 cm³/mol. The molecule has 0 saturated heterocycles. The van der Waals surface area contributed by atoms with Crippen molar-refractivity contribution >= 4 is 39.5 Å². The van der Waals surface area contributed by atoms with Gasteiger partial charge in [-0.2, -0.15) is 0 Å². The first kappa shape index (κ1) is 15.9. The summed E-state index contributed by atoms with van der Waals surface area (Å²) in [5.74, 6) is 2.30. The third kappa shape index (κ3) is 9.79. The minimum absolute atomic E-state index is 0.241. The van der Waals surface area contributed by atoms with E-state index in [9.17, 15) is 5.11 Å². The molecule has 1 atom stereocenters. The summed E-state index contributed by atoms with van der Waals surface area (Å²) in [4.78, 5) is 0. The highest BCUT2D eigenvalue weighted by atomic mass is 79.9. The van der Waals surface area contributed by atoms with E-state index < -0.39 is 0 Å². The van der Waals surface area contributed by atoms with Crippen LogP contribution in [0.2, 0.25) is 0 Å². The fraction of sp³-hybridized carbons (Fsp3) is 0.818. The molecule has 0 spiro atoms. The number of aliphatic hydroxyl groups excluding tert-OH is 1. The summed E-state index contributed by atoms with van der Waals surface area (Å²) < 4.78 is 1.52. The topological polar surface area (TPSA) is 20.2 Å². The Kier molecular flexibility index (Phi) is 10.7. The van der Waals surface area contributed by atoms with Gasteiger partial charge >= 0.3 is 0 Å². The fourth-order valence-corrected chi connectivity index (χ4v) is 4.20. The number of thioether (sulfide) groups is 2. The molecule has 4 heteroatoms. The molecule has 90 valence electrons. The zero-order chi connectivity index (χ0) is 11.7. The van der Waals surface area contributed by atoms with Crippen molar-refractivity contribution in [1.82, 2.24) is 0 Å². The van der Waals surface area contributed by atoms with Gasteiger partial charge in [0.2, 0.25) is 0 Å². The monoisotopic (exact) mass is 312 g/mol. The van der Waals surface area contributed by atoms with Gasteiger partial charge in [-0.1, -0.05) is 36.4 Å². The Morgan fingerprint density at radius 1 is 1.27 bits per heavy atom. The molecule has 0 fully saturated rings. The van der Waals surface area contributed by atoms with Gasteiger partial charge in [0, 0.05) is 6.42 Å². The SMILES string of the molecule is C=C(Br)C[C@H](O)CCC(SCC)SCC. The molecule has 0 aromatic carbocycles. The fourth-order valence-electron chi connectivity index (χ4n) is 1.27. The van der Waals surface area contributed by atoms with Gasteiger partial charge in [0.15, 0.2) is 0 Å². The van der Waals surface area contributed by atoms with E-state index in [-0.39, 0.29) is 6.10 Å². The summed E-state index contributed by atoms with van der Waals surface area (Å²) in [5.41, 5.74) is 0. The zero-order valence-electron chi connectivity index (χ0n) is 9.54. The molecule has 0 radical (unpaired) electrons. The van der Waals surface area contributed by atoms with Crippen molar-refractivity contribution in [1.29, 1.82) is 0 Å². The Hall–Kier alpha value is 0.880. The van der Waals surface area contributed by atoms with Gasteiger partial charge in [0.05, 0.1) is 10.7 Å². The second-order valence-electron chi connectivity index (χ2n) is 3.29. The van der Waals surface area contributed by atoms with E-state index in [0.717, 1.165) is 28.8 Å². The van der Waals surface area contributed by atoms with Crippen molar-refractivity contribution in [2.75, 3.05) is 11.5 Å². The Labute approximate surface area is 111 Å². The van der Waals surface area contributed by atoms with E-state index in [1.54, 1.807) is 0 Å². The third-order valence-corrected chi connectivity index (χ3v) is 4.92. The second-order valence-corrected chi connectivity index (χ2v) is 7.67. The number of rotatable bonds is 9. The van der Waals surface area contributed by atoms with Crippen LogP contribution in [0.25, 0.3) is 0 Å². The molecule has 1 nitrogen and oxygen atoms in total. The van der Waals surface area contributed by atoms with Crippen molar-refractivity contribution in [3.8, 4) is 0 Å². The van der Waals surface area contributed by atoms with Crippen molar-refractivity contribution in [2.45, 2.75) is 43.8 Å². The largest absolute Gasteiger partial charge is 0.393 e. The lowest BCUT2D eigenvalue weighted by atomic mass is 10.1. The van der Waals surface area contributed by atoms with Gasteiger partial charge in [0.25, 0.3) is 0 Å². The summed E-state index contributed by atoms with van der Waals surface area (Å²) in [7, 11) is 0. The van der Waals surface area contributed by atoms with Crippen molar-refractivity contribution < 1.29 is 5.11 Å². The van der Waals surface area contributed by atoms with E-state index in [2.05, 4.69) is 36.4 Å². The normalized spacial score (nSPS) is 13.1. The minimum Gasteiger partial charge on any atom is -0.393 e. The molecule has 0 aliphatic carbocycles. The van der Waals surface area contributed by atoms with Crippen LogP contribution in [0, 0.1) is 0 Å². The van der Waals surface area contributed by atoms with Crippen molar-refractivity contribution in [2.24, 2.45) is 0 Å². The van der Waals surface area contributed by atoms with Crippen LogP contribution in [0.1, 0.15) is 33.1 Å². The molecule has 0 amide bonds. The first-order chi connectivity index (χ1) is 7.10. The molecule has 0 saturated carbocycles. The van der Waals surface area contributed by atoms with Crippen LogP contribution in [-0.2, 0) is 0 Å². The number of hydrogen-bond donors (Lipinski definition) is 1. The van der Waals surface area contributed by atoms with E-state index in [1.807, 2.05) is 23.5 Å². The Morgan fingerprint density at radius 2 is 1.80 bits per heavy atom. The van der Waals surface area contributed by atoms with Crippen LogP contribution < -0.4 is 0 Å². The maximum absolute atomic E-state index is 9.70. The van der Waals surface area contributed by atoms with Crippen molar-refractivity contribution in [3.63, 3.8) is 0 Å². The summed E-state index contributed by atoms with van der Waals surface area (Å²) in [6.07, 6.45) is 2.38. The molecule has 1 N–H and O–H groups in total. The lowest BCUT2D eigenvalue weighted by molar-refractivity contribution is 0.166. The third-order valence-electron chi connectivity index (χ3n) is 1.90. The Morgan fingerprint density at radius 3 is 2.20 bits per heavy atom. The standard InChI is InChI=1S/C11H21BrOS2/c1-4-14-11(15-5-2)7-6-10(13)8-9(3)12/h10-11,13H,3-8H2,1-2H3/t10-/m1/s1. The van der Waals surface area contributed by atoms with Crippen LogP contribution in [0.15, 0.2) is 11.1 Å². The van der Waals surface area contributed by atoms with E-state index >= 15 is 0 Å². The molecule has 0 heterocycles. The van der Waals surface area contributed by atoms with E-state index in [4.69, 9.17) is 0 Å². The van der Waals surface area contributed by atoms with Gasteiger partial charge in [-0.15, -0.1) is 23.5 Å². The molecule has 0 aliphatic heterocycles.